The normalized spacial score (nSPS) is 25.8. The lowest BCUT2D eigenvalue weighted by Gasteiger charge is -2.29. The lowest BCUT2D eigenvalue weighted by atomic mass is 9.86. The molecule has 0 amide bonds. The number of hydrogen-bond acceptors (Lipinski definition) is 4. The standard InChI is InChI=1S/C15H24N4S/c1-4-17-15(11-16)8-5-6-13(15)7-9-20-14-10-12(2)18-19(14)3/h10,13,17H,4-9H2,1-3H3. The molecule has 20 heavy (non-hydrogen) atoms. The molecule has 2 unspecified atom stereocenters. The minimum absolute atomic E-state index is 0.280. The molecule has 1 heterocycles. The summed E-state index contributed by atoms with van der Waals surface area (Å²) in [6, 6.07) is 4.68. The largest absolute Gasteiger partial charge is 0.299 e. The van der Waals surface area contributed by atoms with Crippen molar-refractivity contribution in [3.8, 4) is 6.07 Å². The number of nitrogens with zero attached hydrogens (tertiary/aromatic N) is 3. The van der Waals surface area contributed by atoms with Gasteiger partial charge in [0.1, 0.15) is 5.54 Å². The summed E-state index contributed by atoms with van der Waals surface area (Å²) >= 11 is 1.85. The average Bonchev–Trinajstić information content (AvgIpc) is 2.95. The molecule has 1 aliphatic carbocycles. The molecular weight excluding hydrogens is 268 g/mol. The Morgan fingerprint density at radius 2 is 2.45 bits per heavy atom. The zero-order chi connectivity index (χ0) is 14.6. The van der Waals surface area contributed by atoms with Crippen LogP contribution in [0.2, 0.25) is 0 Å². The second kappa shape index (κ2) is 6.64. The fraction of sp³-hybridized carbons (Fsp3) is 0.733. The summed E-state index contributed by atoms with van der Waals surface area (Å²) in [5.41, 5.74) is 0.785. The average molecular weight is 292 g/mol. The molecule has 1 aliphatic rings. The highest BCUT2D eigenvalue weighted by Crippen LogP contribution is 2.38. The van der Waals surface area contributed by atoms with E-state index in [0.29, 0.717) is 5.92 Å². The summed E-state index contributed by atoms with van der Waals surface area (Å²) in [4.78, 5) is 0. The van der Waals surface area contributed by atoms with E-state index >= 15 is 0 Å². The van der Waals surface area contributed by atoms with Gasteiger partial charge in [0.05, 0.1) is 16.8 Å². The number of aromatic nitrogens is 2. The van der Waals surface area contributed by atoms with Gasteiger partial charge in [-0.25, -0.2) is 0 Å². The first-order valence-corrected chi connectivity index (χ1v) is 8.39. The number of thioether (sulfide) groups is 1. The number of rotatable bonds is 6. The van der Waals surface area contributed by atoms with Crippen molar-refractivity contribution >= 4 is 11.8 Å². The van der Waals surface area contributed by atoms with Gasteiger partial charge in [0.15, 0.2) is 0 Å². The van der Waals surface area contributed by atoms with Gasteiger partial charge in [-0.2, -0.15) is 10.4 Å². The molecule has 2 rings (SSSR count). The van der Waals surface area contributed by atoms with Crippen LogP contribution < -0.4 is 5.32 Å². The molecule has 1 aromatic rings. The van der Waals surface area contributed by atoms with Crippen LogP contribution in [0.4, 0.5) is 0 Å². The molecule has 1 fully saturated rings. The van der Waals surface area contributed by atoms with Gasteiger partial charge in [-0.05, 0) is 50.5 Å². The summed E-state index contributed by atoms with van der Waals surface area (Å²) in [6.07, 6.45) is 4.43. The number of hydrogen-bond donors (Lipinski definition) is 1. The third-order valence-electron chi connectivity index (χ3n) is 4.19. The Hall–Kier alpha value is -0.990. The van der Waals surface area contributed by atoms with Crippen LogP contribution in [0.25, 0.3) is 0 Å². The predicted molar refractivity (Wildman–Crippen MR) is 82.6 cm³/mol. The van der Waals surface area contributed by atoms with Gasteiger partial charge in [0, 0.05) is 7.05 Å². The summed E-state index contributed by atoms with van der Waals surface area (Å²) < 4.78 is 1.94. The second-order valence-corrected chi connectivity index (χ2v) is 6.70. The Morgan fingerprint density at radius 1 is 1.65 bits per heavy atom. The third-order valence-corrected chi connectivity index (χ3v) is 5.31. The highest BCUT2D eigenvalue weighted by molar-refractivity contribution is 7.99. The Balaban J connectivity index is 1.90. The van der Waals surface area contributed by atoms with Gasteiger partial charge in [0.2, 0.25) is 0 Å². The molecule has 0 aromatic carbocycles. The molecule has 1 saturated carbocycles. The molecule has 0 bridgehead atoms. The highest BCUT2D eigenvalue weighted by Gasteiger charge is 2.42. The maximum Gasteiger partial charge on any atom is 0.109 e. The predicted octanol–water partition coefficient (Wildman–Crippen LogP) is 2.88. The van der Waals surface area contributed by atoms with Gasteiger partial charge >= 0.3 is 0 Å². The third kappa shape index (κ3) is 3.18. The molecule has 1 N–H and O–H groups in total. The van der Waals surface area contributed by atoms with E-state index in [4.69, 9.17) is 0 Å². The fourth-order valence-electron chi connectivity index (χ4n) is 3.23. The smallest absolute Gasteiger partial charge is 0.109 e. The van der Waals surface area contributed by atoms with E-state index in [-0.39, 0.29) is 5.54 Å². The van der Waals surface area contributed by atoms with E-state index in [0.717, 1.165) is 30.8 Å². The molecule has 0 spiro atoms. The molecule has 0 saturated heterocycles. The number of aryl methyl sites for hydroxylation is 2. The lowest BCUT2D eigenvalue weighted by molar-refractivity contribution is 0.317. The first kappa shape index (κ1) is 15.4. The Morgan fingerprint density at radius 3 is 3.05 bits per heavy atom. The van der Waals surface area contributed by atoms with Crippen LogP contribution in [0.5, 0.6) is 0 Å². The van der Waals surface area contributed by atoms with Crippen molar-refractivity contribution in [1.29, 1.82) is 5.26 Å². The van der Waals surface area contributed by atoms with Crippen LogP contribution in [0.1, 0.15) is 38.3 Å². The monoisotopic (exact) mass is 292 g/mol. The maximum absolute atomic E-state index is 9.55. The van der Waals surface area contributed by atoms with Gasteiger partial charge in [0.25, 0.3) is 0 Å². The van der Waals surface area contributed by atoms with Gasteiger partial charge < -0.3 is 0 Å². The van der Waals surface area contributed by atoms with Crippen LogP contribution in [-0.2, 0) is 7.05 Å². The van der Waals surface area contributed by atoms with Crippen molar-refractivity contribution in [2.24, 2.45) is 13.0 Å². The van der Waals surface area contributed by atoms with Gasteiger partial charge in [-0.15, -0.1) is 11.8 Å². The Labute approximate surface area is 125 Å². The second-order valence-electron chi connectivity index (χ2n) is 5.59. The van der Waals surface area contributed by atoms with E-state index < -0.39 is 0 Å². The van der Waals surface area contributed by atoms with E-state index in [1.165, 1.54) is 17.9 Å². The minimum Gasteiger partial charge on any atom is -0.299 e. The molecule has 1 aromatic heterocycles. The van der Waals surface area contributed by atoms with Crippen molar-refractivity contribution in [2.75, 3.05) is 12.3 Å². The van der Waals surface area contributed by atoms with Gasteiger partial charge in [-0.3, -0.25) is 10.00 Å². The van der Waals surface area contributed by atoms with Gasteiger partial charge in [-0.1, -0.05) is 13.3 Å². The zero-order valence-corrected chi connectivity index (χ0v) is 13.5. The van der Waals surface area contributed by atoms with E-state index in [1.807, 2.05) is 30.4 Å². The summed E-state index contributed by atoms with van der Waals surface area (Å²) in [6.45, 7) is 4.98. The molecular formula is C15H24N4S. The number of nitrogens with one attached hydrogen (secondary N) is 1. The fourth-order valence-corrected chi connectivity index (χ4v) is 4.32. The van der Waals surface area contributed by atoms with E-state index in [2.05, 4.69) is 29.5 Å². The van der Waals surface area contributed by atoms with E-state index in [1.54, 1.807) is 0 Å². The van der Waals surface area contributed by atoms with Crippen LogP contribution in [0.15, 0.2) is 11.1 Å². The van der Waals surface area contributed by atoms with E-state index in [9.17, 15) is 5.26 Å². The molecule has 110 valence electrons. The van der Waals surface area contributed by atoms with Crippen molar-refractivity contribution in [3.05, 3.63) is 11.8 Å². The van der Waals surface area contributed by atoms with Crippen molar-refractivity contribution in [2.45, 2.75) is 50.1 Å². The van der Waals surface area contributed by atoms with Crippen molar-refractivity contribution in [3.63, 3.8) is 0 Å². The van der Waals surface area contributed by atoms with Crippen LogP contribution >= 0.6 is 11.8 Å². The zero-order valence-electron chi connectivity index (χ0n) is 12.6. The van der Waals surface area contributed by atoms with Crippen molar-refractivity contribution < 1.29 is 0 Å². The topological polar surface area (TPSA) is 53.6 Å². The molecule has 0 aliphatic heterocycles. The molecule has 2 atom stereocenters. The minimum atomic E-state index is -0.280. The summed E-state index contributed by atoms with van der Waals surface area (Å²) in [7, 11) is 1.99. The summed E-state index contributed by atoms with van der Waals surface area (Å²) in [5.74, 6) is 1.53. The first-order valence-electron chi connectivity index (χ1n) is 7.41. The highest BCUT2D eigenvalue weighted by atomic mass is 32.2. The van der Waals surface area contributed by atoms with Crippen LogP contribution in [0.3, 0.4) is 0 Å². The molecule has 0 radical (unpaired) electrons. The summed E-state index contributed by atoms with van der Waals surface area (Å²) in [5, 5.41) is 18.6. The first-order chi connectivity index (χ1) is 9.61. The SMILES string of the molecule is CCNC1(C#N)CCCC1CCSc1cc(C)nn1C. The van der Waals surface area contributed by atoms with Crippen LogP contribution in [-0.4, -0.2) is 27.6 Å². The Bertz CT molecular complexity index is 491. The molecule has 4 nitrogen and oxygen atoms in total. The lowest BCUT2D eigenvalue weighted by Crippen LogP contribution is -2.47. The van der Waals surface area contributed by atoms with Crippen LogP contribution in [0, 0.1) is 24.2 Å². The quantitative estimate of drug-likeness (QED) is 0.819. The maximum atomic E-state index is 9.55. The molecule has 5 heteroatoms. The van der Waals surface area contributed by atoms with Crippen molar-refractivity contribution in [1.82, 2.24) is 15.1 Å². The number of nitriles is 1. The Kier molecular flexibility index (Phi) is 5.11.